The minimum Gasteiger partial charge on any atom is -0.495 e. The Morgan fingerprint density at radius 3 is 2.70 bits per heavy atom. The van der Waals surface area contributed by atoms with Crippen LogP contribution in [0, 0.1) is 11.3 Å². The molecule has 2 aromatic carbocycles. The van der Waals surface area contributed by atoms with Gasteiger partial charge < -0.3 is 10.1 Å². The number of ether oxygens (including phenoxy) is 1. The molecule has 2 heterocycles. The molecule has 164 valence electrons. The summed E-state index contributed by atoms with van der Waals surface area (Å²) >= 11 is 1.36. The molecule has 0 saturated carbocycles. The molecule has 0 aliphatic rings. The molecule has 0 fully saturated rings. The predicted molar refractivity (Wildman–Crippen MR) is 122 cm³/mol. The monoisotopic (exact) mass is 459 g/mol. The number of anilines is 1. The number of methoxy groups -OCH3 is 1. The van der Waals surface area contributed by atoms with Crippen LogP contribution in [0.4, 0.5) is 11.5 Å². The quantitative estimate of drug-likeness (QED) is 0.327. The number of benzene rings is 2. The second-order valence-electron chi connectivity index (χ2n) is 6.79. The third-order valence-corrected chi connectivity index (χ3v) is 5.61. The zero-order valence-electron chi connectivity index (χ0n) is 17.6. The number of Topliss-reactive ketones (excluding diaryl/α,β-unsaturated/α-hetero) is 1. The lowest BCUT2D eigenvalue weighted by Crippen LogP contribution is -2.32. The largest absolute Gasteiger partial charge is 0.495 e. The Hall–Kier alpha value is -4.43. The van der Waals surface area contributed by atoms with Gasteiger partial charge in [0.2, 0.25) is 11.2 Å². The lowest BCUT2D eigenvalue weighted by Gasteiger charge is -2.12. The van der Waals surface area contributed by atoms with Crippen LogP contribution in [-0.2, 0) is 9.59 Å². The fourth-order valence-corrected chi connectivity index (χ4v) is 3.91. The summed E-state index contributed by atoms with van der Waals surface area (Å²) in [6, 6.07) is 14.9. The first-order valence-corrected chi connectivity index (χ1v) is 10.5. The van der Waals surface area contributed by atoms with E-state index in [0.717, 1.165) is 10.2 Å². The average molecular weight is 459 g/mol. The predicted octanol–water partition coefficient (Wildman–Crippen LogP) is 4.04. The van der Waals surface area contributed by atoms with Crippen LogP contribution in [0.15, 0.2) is 65.0 Å². The summed E-state index contributed by atoms with van der Waals surface area (Å²) in [5, 5.41) is 24.8. The van der Waals surface area contributed by atoms with E-state index in [4.69, 9.17) is 4.74 Å². The Morgan fingerprint density at radius 1 is 1.21 bits per heavy atom. The number of aromatic nitrogens is 3. The van der Waals surface area contributed by atoms with E-state index in [-0.39, 0.29) is 11.4 Å². The highest BCUT2D eigenvalue weighted by Gasteiger charge is 2.25. The first-order valence-electron chi connectivity index (χ1n) is 9.71. The van der Waals surface area contributed by atoms with Crippen LogP contribution in [0.2, 0.25) is 0 Å². The van der Waals surface area contributed by atoms with Crippen LogP contribution < -0.4 is 10.1 Å². The van der Waals surface area contributed by atoms with Gasteiger partial charge in [-0.1, -0.05) is 35.6 Å². The highest BCUT2D eigenvalue weighted by atomic mass is 32.1. The number of nitriles is 1. The maximum atomic E-state index is 12.8. The number of ketones is 1. The summed E-state index contributed by atoms with van der Waals surface area (Å²) in [6.07, 6.45) is 1.33. The molecule has 4 rings (SSSR count). The molecule has 1 unspecified atom stereocenters. The molecule has 0 bridgehead atoms. The number of azo groups is 1. The smallest absolute Gasteiger partial charge is 0.258 e. The molecule has 33 heavy (non-hydrogen) atoms. The number of thiazole rings is 1. The fourth-order valence-electron chi connectivity index (χ4n) is 2.99. The molecule has 0 radical (unpaired) electrons. The molecule has 0 aliphatic carbocycles. The molecule has 1 atom stereocenters. The van der Waals surface area contributed by atoms with Gasteiger partial charge in [0.15, 0.2) is 11.6 Å². The summed E-state index contributed by atoms with van der Waals surface area (Å²) in [5.74, 6) is -0.685. The molecule has 4 aromatic rings. The van der Waals surface area contributed by atoms with Crippen LogP contribution in [0.5, 0.6) is 5.75 Å². The normalized spacial score (nSPS) is 11.9. The highest BCUT2D eigenvalue weighted by Crippen LogP contribution is 2.30. The zero-order valence-corrected chi connectivity index (χ0v) is 18.4. The molecule has 11 heteroatoms. The minimum absolute atomic E-state index is 0.0768. The number of carbonyl (C=O) groups is 2. The van der Waals surface area contributed by atoms with Crippen molar-refractivity contribution in [3.63, 3.8) is 0 Å². The summed E-state index contributed by atoms with van der Waals surface area (Å²) in [7, 11) is 1.47. The number of hydrogen-bond donors (Lipinski definition) is 1. The van der Waals surface area contributed by atoms with Gasteiger partial charge in [0.1, 0.15) is 17.4 Å². The number of rotatable bonds is 7. The van der Waals surface area contributed by atoms with Gasteiger partial charge in [0.05, 0.1) is 29.2 Å². The van der Waals surface area contributed by atoms with E-state index in [0.29, 0.717) is 16.6 Å². The maximum Gasteiger partial charge on any atom is 0.258 e. The zero-order chi connectivity index (χ0) is 23.4. The van der Waals surface area contributed by atoms with Crippen LogP contribution in [0.1, 0.15) is 12.5 Å². The van der Waals surface area contributed by atoms with Gasteiger partial charge >= 0.3 is 0 Å². The van der Waals surface area contributed by atoms with Crippen molar-refractivity contribution in [2.75, 3.05) is 12.4 Å². The molecule has 0 spiro atoms. The number of fused-ring (bicyclic) bond motifs is 1. The average Bonchev–Trinajstić information content (AvgIpc) is 3.42. The van der Waals surface area contributed by atoms with E-state index < -0.39 is 17.7 Å². The van der Waals surface area contributed by atoms with E-state index in [1.165, 1.54) is 36.2 Å². The van der Waals surface area contributed by atoms with Gasteiger partial charge in [-0.3, -0.25) is 9.59 Å². The van der Waals surface area contributed by atoms with Crippen LogP contribution >= 0.6 is 11.3 Å². The van der Waals surface area contributed by atoms with E-state index in [1.807, 2.05) is 30.3 Å². The molecule has 1 amide bonds. The number of nitrogens with one attached hydrogen (secondary N) is 1. The Labute approximate surface area is 192 Å². The van der Waals surface area contributed by atoms with Crippen molar-refractivity contribution in [1.82, 2.24) is 14.8 Å². The Balaban J connectivity index is 1.66. The molecular weight excluding hydrogens is 442 g/mol. The standard InChI is InChI=1S/C22H17N7O3S/c1-13(30)19(21(31)25-15-7-3-5-9-17(15)32-2)27-28-20-14(11-23)12-24-29(20)22-26-16-8-4-6-10-18(16)33-22/h3-10,12,19H,1-2H3,(H,25,31). The first-order chi connectivity index (χ1) is 16.0. The first kappa shape index (κ1) is 21.8. The third-order valence-electron chi connectivity index (χ3n) is 4.59. The molecule has 0 saturated heterocycles. The highest BCUT2D eigenvalue weighted by molar-refractivity contribution is 7.20. The SMILES string of the molecule is COc1ccccc1NC(=O)C(N=Nc1c(C#N)cnn1-c1nc2ccccc2s1)C(C)=O. The van der Waals surface area contributed by atoms with Crippen molar-refractivity contribution in [3.8, 4) is 17.0 Å². The van der Waals surface area contributed by atoms with E-state index >= 15 is 0 Å². The second kappa shape index (κ2) is 9.37. The maximum absolute atomic E-state index is 12.8. The number of carbonyl (C=O) groups excluding carboxylic acids is 2. The summed E-state index contributed by atoms with van der Waals surface area (Å²) in [4.78, 5) is 29.5. The molecule has 10 nitrogen and oxygen atoms in total. The van der Waals surface area contributed by atoms with E-state index in [9.17, 15) is 14.9 Å². The van der Waals surface area contributed by atoms with Gasteiger partial charge in [-0.05, 0) is 31.2 Å². The van der Waals surface area contributed by atoms with Crippen molar-refractivity contribution < 1.29 is 14.3 Å². The van der Waals surface area contributed by atoms with Crippen molar-refractivity contribution in [2.45, 2.75) is 13.0 Å². The van der Waals surface area contributed by atoms with Gasteiger partial charge in [0.25, 0.3) is 5.91 Å². The third kappa shape index (κ3) is 4.46. The van der Waals surface area contributed by atoms with Gasteiger partial charge in [-0.2, -0.15) is 20.2 Å². The molecule has 1 N–H and O–H groups in total. The second-order valence-corrected chi connectivity index (χ2v) is 7.80. The number of amides is 1. The number of para-hydroxylation sites is 3. The Kier molecular flexibility index (Phi) is 6.19. The Bertz CT molecular complexity index is 1380. The van der Waals surface area contributed by atoms with Gasteiger partial charge in [0, 0.05) is 0 Å². The Morgan fingerprint density at radius 2 is 1.97 bits per heavy atom. The van der Waals surface area contributed by atoms with Gasteiger partial charge in [-0.15, -0.1) is 5.11 Å². The van der Waals surface area contributed by atoms with E-state index in [2.05, 4.69) is 25.6 Å². The van der Waals surface area contributed by atoms with Crippen LogP contribution in [0.3, 0.4) is 0 Å². The number of hydrogen-bond acceptors (Lipinski definition) is 9. The van der Waals surface area contributed by atoms with Crippen LogP contribution in [-0.4, -0.2) is 39.6 Å². The fraction of sp³-hybridized carbons (Fsp3) is 0.136. The topological polar surface area (TPSA) is 135 Å². The molecule has 0 aliphatic heterocycles. The minimum atomic E-state index is -1.43. The lowest BCUT2D eigenvalue weighted by atomic mass is 10.2. The van der Waals surface area contributed by atoms with Gasteiger partial charge in [-0.25, -0.2) is 4.98 Å². The van der Waals surface area contributed by atoms with Crippen molar-refractivity contribution in [3.05, 3.63) is 60.3 Å². The molecule has 2 aromatic heterocycles. The summed E-state index contributed by atoms with van der Waals surface area (Å²) in [5.41, 5.74) is 1.29. The summed E-state index contributed by atoms with van der Waals surface area (Å²) < 4.78 is 7.51. The lowest BCUT2D eigenvalue weighted by molar-refractivity contribution is -0.126. The molecular formula is C22H17N7O3S. The van der Waals surface area contributed by atoms with Crippen molar-refractivity contribution in [2.24, 2.45) is 10.2 Å². The summed E-state index contributed by atoms with van der Waals surface area (Å²) in [6.45, 7) is 1.24. The van der Waals surface area contributed by atoms with Crippen LogP contribution in [0.25, 0.3) is 15.3 Å². The van der Waals surface area contributed by atoms with E-state index in [1.54, 1.807) is 24.3 Å². The van der Waals surface area contributed by atoms with Crippen molar-refractivity contribution in [1.29, 1.82) is 5.26 Å². The number of nitrogens with zero attached hydrogens (tertiary/aromatic N) is 6. The van der Waals surface area contributed by atoms with Crippen molar-refractivity contribution >= 4 is 44.7 Å².